The average molecular weight is 205 g/mol. The molecule has 1 aromatic heterocycles. The fourth-order valence-corrected chi connectivity index (χ4v) is 1.44. The van der Waals surface area contributed by atoms with E-state index in [4.69, 9.17) is 0 Å². The summed E-state index contributed by atoms with van der Waals surface area (Å²) in [6.07, 6.45) is 1.64. The van der Waals surface area contributed by atoms with Crippen LogP contribution in [0.1, 0.15) is 5.82 Å². The van der Waals surface area contributed by atoms with Crippen LogP contribution in [0.25, 0.3) is 11.3 Å². The zero-order valence-electron chi connectivity index (χ0n) is 8.42. The molecule has 2 aromatic rings. The molecular weight excluding hydrogens is 193 g/mol. The van der Waals surface area contributed by atoms with Gasteiger partial charge in [0.2, 0.25) is 0 Å². The highest BCUT2D eigenvalue weighted by atomic mass is 19.1. The Morgan fingerprint density at radius 3 is 2.93 bits per heavy atom. The number of hydrogen-bond donors (Lipinski definition) is 2. The van der Waals surface area contributed by atoms with Gasteiger partial charge in [-0.3, -0.25) is 0 Å². The summed E-state index contributed by atoms with van der Waals surface area (Å²) < 4.78 is 13.4. The Morgan fingerprint density at radius 2 is 2.20 bits per heavy atom. The highest BCUT2D eigenvalue weighted by Gasteiger charge is 2.06. The van der Waals surface area contributed by atoms with Crippen LogP contribution < -0.4 is 5.32 Å². The SMILES string of the molecule is CNCc1ncc(-c2ccccc2F)[nH]1. The van der Waals surface area contributed by atoms with Crippen molar-refractivity contribution in [2.45, 2.75) is 6.54 Å². The first-order valence-electron chi connectivity index (χ1n) is 4.74. The summed E-state index contributed by atoms with van der Waals surface area (Å²) in [5.41, 5.74) is 1.26. The fourth-order valence-electron chi connectivity index (χ4n) is 1.44. The van der Waals surface area contributed by atoms with Gasteiger partial charge in [-0.25, -0.2) is 9.37 Å². The molecule has 0 bridgehead atoms. The van der Waals surface area contributed by atoms with Crippen molar-refractivity contribution in [1.29, 1.82) is 0 Å². The maximum atomic E-state index is 13.4. The third-order valence-electron chi connectivity index (χ3n) is 2.14. The number of aromatic nitrogens is 2. The number of nitrogens with zero attached hydrogens (tertiary/aromatic N) is 1. The minimum absolute atomic E-state index is 0.239. The summed E-state index contributed by atoms with van der Waals surface area (Å²) in [7, 11) is 1.84. The molecule has 0 saturated heterocycles. The van der Waals surface area contributed by atoms with E-state index in [9.17, 15) is 4.39 Å². The first-order chi connectivity index (χ1) is 7.31. The molecule has 78 valence electrons. The largest absolute Gasteiger partial charge is 0.341 e. The van der Waals surface area contributed by atoms with Crippen LogP contribution in [0.15, 0.2) is 30.5 Å². The van der Waals surface area contributed by atoms with Gasteiger partial charge >= 0.3 is 0 Å². The molecule has 0 aliphatic carbocycles. The summed E-state index contributed by atoms with van der Waals surface area (Å²) in [6, 6.07) is 6.64. The highest BCUT2D eigenvalue weighted by Crippen LogP contribution is 2.20. The zero-order chi connectivity index (χ0) is 10.7. The van der Waals surface area contributed by atoms with Gasteiger partial charge in [0.05, 0.1) is 18.4 Å². The van der Waals surface area contributed by atoms with Crippen molar-refractivity contribution < 1.29 is 4.39 Å². The van der Waals surface area contributed by atoms with Gasteiger partial charge in [0.25, 0.3) is 0 Å². The Hall–Kier alpha value is -1.68. The Labute approximate surface area is 87.4 Å². The lowest BCUT2D eigenvalue weighted by Crippen LogP contribution is -2.06. The van der Waals surface area contributed by atoms with Gasteiger partial charge in [-0.1, -0.05) is 12.1 Å². The molecule has 0 atom stereocenters. The Balaban J connectivity index is 2.33. The minimum atomic E-state index is -0.239. The van der Waals surface area contributed by atoms with Crippen LogP contribution in [0.4, 0.5) is 4.39 Å². The van der Waals surface area contributed by atoms with Crippen LogP contribution in [0.3, 0.4) is 0 Å². The van der Waals surface area contributed by atoms with Crippen molar-refractivity contribution in [3.05, 3.63) is 42.1 Å². The van der Waals surface area contributed by atoms with E-state index < -0.39 is 0 Å². The van der Waals surface area contributed by atoms with E-state index in [0.717, 1.165) is 5.82 Å². The molecule has 0 aliphatic heterocycles. The van der Waals surface area contributed by atoms with Crippen LogP contribution in [0.2, 0.25) is 0 Å². The van der Waals surface area contributed by atoms with Gasteiger partial charge in [-0.05, 0) is 19.2 Å². The summed E-state index contributed by atoms with van der Waals surface area (Å²) in [6.45, 7) is 0.647. The zero-order valence-corrected chi connectivity index (χ0v) is 8.42. The number of aromatic amines is 1. The van der Waals surface area contributed by atoms with E-state index in [-0.39, 0.29) is 5.82 Å². The van der Waals surface area contributed by atoms with E-state index in [2.05, 4.69) is 15.3 Å². The second kappa shape index (κ2) is 4.23. The molecule has 0 aliphatic rings. The fraction of sp³-hybridized carbons (Fsp3) is 0.182. The average Bonchev–Trinajstić information content (AvgIpc) is 2.68. The molecule has 0 spiro atoms. The number of halogens is 1. The van der Waals surface area contributed by atoms with Crippen LogP contribution in [-0.2, 0) is 6.54 Å². The standard InChI is InChI=1S/C11H12FN3/c1-13-7-11-14-6-10(15-11)8-4-2-3-5-9(8)12/h2-6,13H,7H2,1H3,(H,14,15). The van der Waals surface area contributed by atoms with E-state index in [1.165, 1.54) is 6.07 Å². The summed E-state index contributed by atoms with van der Waals surface area (Å²) in [4.78, 5) is 7.20. The highest BCUT2D eigenvalue weighted by molar-refractivity contribution is 5.59. The van der Waals surface area contributed by atoms with Crippen molar-refractivity contribution in [3.8, 4) is 11.3 Å². The van der Waals surface area contributed by atoms with E-state index >= 15 is 0 Å². The maximum Gasteiger partial charge on any atom is 0.132 e. The Kier molecular flexibility index (Phi) is 2.78. The van der Waals surface area contributed by atoms with Crippen LogP contribution in [0, 0.1) is 5.82 Å². The van der Waals surface area contributed by atoms with E-state index in [1.54, 1.807) is 24.4 Å². The summed E-state index contributed by atoms with van der Waals surface area (Å²) in [5.74, 6) is 0.563. The molecule has 1 aromatic carbocycles. The number of imidazole rings is 1. The predicted octanol–water partition coefficient (Wildman–Crippen LogP) is 1.94. The van der Waals surface area contributed by atoms with E-state index in [1.807, 2.05) is 7.05 Å². The normalized spacial score (nSPS) is 10.5. The van der Waals surface area contributed by atoms with Crippen molar-refractivity contribution in [2.75, 3.05) is 7.05 Å². The topological polar surface area (TPSA) is 40.7 Å². The second-order valence-electron chi connectivity index (χ2n) is 3.25. The molecule has 0 saturated carbocycles. The molecular formula is C11H12FN3. The Morgan fingerprint density at radius 1 is 1.40 bits per heavy atom. The molecule has 0 radical (unpaired) electrons. The van der Waals surface area contributed by atoms with Gasteiger partial charge in [0.15, 0.2) is 0 Å². The van der Waals surface area contributed by atoms with Gasteiger partial charge in [0, 0.05) is 5.56 Å². The van der Waals surface area contributed by atoms with Crippen molar-refractivity contribution >= 4 is 0 Å². The smallest absolute Gasteiger partial charge is 0.132 e. The van der Waals surface area contributed by atoms with Crippen LogP contribution in [-0.4, -0.2) is 17.0 Å². The lowest BCUT2D eigenvalue weighted by molar-refractivity contribution is 0.631. The van der Waals surface area contributed by atoms with Gasteiger partial charge in [0.1, 0.15) is 11.6 Å². The van der Waals surface area contributed by atoms with Gasteiger partial charge in [-0.15, -0.1) is 0 Å². The van der Waals surface area contributed by atoms with Crippen molar-refractivity contribution in [1.82, 2.24) is 15.3 Å². The predicted molar refractivity (Wildman–Crippen MR) is 56.7 cm³/mol. The molecule has 1 heterocycles. The molecule has 0 unspecified atom stereocenters. The monoisotopic (exact) mass is 205 g/mol. The number of hydrogen-bond acceptors (Lipinski definition) is 2. The molecule has 0 fully saturated rings. The molecule has 2 rings (SSSR count). The van der Waals surface area contributed by atoms with Crippen molar-refractivity contribution in [2.24, 2.45) is 0 Å². The number of rotatable bonds is 3. The third kappa shape index (κ3) is 2.05. The van der Waals surface area contributed by atoms with Gasteiger partial charge < -0.3 is 10.3 Å². The molecule has 4 heteroatoms. The summed E-state index contributed by atoms with van der Waals surface area (Å²) in [5, 5.41) is 2.98. The third-order valence-corrected chi connectivity index (χ3v) is 2.14. The first-order valence-corrected chi connectivity index (χ1v) is 4.74. The first kappa shape index (κ1) is 9.86. The maximum absolute atomic E-state index is 13.4. The lowest BCUT2D eigenvalue weighted by atomic mass is 10.1. The van der Waals surface area contributed by atoms with E-state index in [0.29, 0.717) is 17.8 Å². The van der Waals surface area contributed by atoms with Crippen LogP contribution in [0.5, 0.6) is 0 Å². The summed E-state index contributed by atoms with van der Waals surface area (Å²) >= 11 is 0. The molecule has 3 nitrogen and oxygen atoms in total. The van der Waals surface area contributed by atoms with Crippen LogP contribution >= 0.6 is 0 Å². The Bertz CT molecular complexity index is 451. The minimum Gasteiger partial charge on any atom is -0.341 e. The number of nitrogens with one attached hydrogen (secondary N) is 2. The molecule has 2 N–H and O–H groups in total. The second-order valence-corrected chi connectivity index (χ2v) is 3.25. The molecule has 0 amide bonds. The number of H-pyrrole nitrogens is 1. The number of benzene rings is 1. The van der Waals surface area contributed by atoms with Gasteiger partial charge in [-0.2, -0.15) is 0 Å². The van der Waals surface area contributed by atoms with Crippen molar-refractivity contribution in [3.63, 3.8) is 0 Å². The quantitative estimate of drug-likeness (QED) is 0.803. The molecule has 15 heavy (non-hydrogen) atoms. The lowest BCUT2D eigenvalue weighted by Gasteiger charge is -1.98.